The lowest BCUT2D eigenvalue weighted by atomic mass is 10.2. The van der Waals surface area contributed by atoms with Gasteiger partial charge in [-0.05, 0) is 31.2 Å². The predicted octanol–water partition coefficient (Wildman–Crippen LogP) is 2.44. The van der Waals surface area contributed by atoms with Crippen LogP contribution in [0, 0.1) is 6.92 Å². The molecule has 1 radical (unpaired) electrons. The third-order valence-electron chi connectivity index (χ3n) is 1.31. The number of esters is 1. The van der Waals surface area contributed by atoms with E-state index in [1.165, 1.54) is 0 Å². The van der Waals surface area contributed by atoms with Crippen LogP contribution in [0.4, 0.5) is 0 Å². The molecule has 0 aliphatic heterocycles. The van der Waals surface area contributed by atoms with Gasteiger partial charge in [0.25, 0.3) is 0 Å². The molecule has 0 N–H and O–H groups in total. The van der Waals surface area contributed by atoms with E-state index >= 15 is 0 Å². The summed E-state index contributed by atoms with van der Waals surface area (Å²) in [5, 5.41) is 0. The highest BCUT2D eigenvalue weighted by molar-refractivity contribution is 9.10. The fourth-order valence-electron chi connectivity index (χ4n) is 0.762. The molecule has 0 fully saturated rings. The molecule has 63 valence electrons. The molecule has 2 nitrogen and oxygen atoms in total. The number of carbonyl (C=O) groups is 1. The normalized spacial score (nSPS) is 9.50. The van der Waals surface area contributed by atoms with Crippen LogP contribution in [-0.2, 0) is 4.74 Å². The molecule has 1 aromatic carbocycles. The molecule has 0 aromatic heterocycles. The van der Waals surface area contributed by atoms with Crippen LogP contribution in [0.3, 0.4) is 0 Å². The van der Waals surface area contributed by atoms with Crippen LogP contribution in [0.15, 0.2) is 28.7 Å². The topological polar surface area (TPSA) is 26.3 Å². The van der Waals surface area contributed by atoms with Gasteiger partial charge < -0.3 is 4.74 Å². The third-order valence-corrected chi connectivity index (χ3v) is 1.84. The van der Waals surface area contributed by atoms with Gasteiger partial charge in [-0.2, -0.15) is 0 Å². The monoisotopic (exact) mass is 227 g/mol. The Morgan fingerprint density at radius 1 is 1.42 bits per heavy atom. The number of hydrogen-bond acceptors (Lipinski definition) is 2. The zero-order chi connectivity index (χ0) is 8.97. The van der Waals surface area contributed by atoms with Crippen LogP contribution in [-0.4, -0.2) is 12.6 Å². The maximum absolute atomic E-state index is 11.1. The summed E-state index contributed by atoms with van der Waals surface area (Å²) in [4.78, 5) is 11.1. The lowest BCUT2D eigenvalue weighted by molar-refractivity contribution is 0.0547. The van der Waals surface area contributed by atoms with Crippen LogP contribution in [0.1, 0.15) is 10.4 Å². The minimum Gasteiger partial charge on any atom is -0.462 e. The van der Waals surface area contributed by atoms with Gasteiger partial charge in [0.1, 0.15) is 0 Å². The molecule has 3 heteroatoms. The van der Waals surface area contributed by atoms with Crippen LogP contribution in [0.25, 0.3) is 0 Å². The predicted molar refractivity (Wildman–Crippen MR) is 49.8 cm³/mol. The van der Waals surface area contributed by atoms with Gasteiger partial charge in [-0.15, -0.1) is 0 Å². The molecule has 0 bridgehead atoms. The van der Waals surface area contributed by atoms with E-state index < -0.39 is 0 Å². The lowest BCUT2D eigenvalue weighted by Crippen LogP contribution is -2.03. The van der Waals surface area contributed by atoms with Gasteiger partial charge in [0.15, 0.2) is 0 Å². The molecule has 0 spiro atoms. The Hall–Kier alpha value is -0.830. The van der Waals surface area contributed by atoms with Gasteiger partial charge in [0.2, 0.25) is 0 Å². The van der Waals surface area contributed by atoms with Crippen molar-refractivity contribution in [2.75, 3.05) is 6.61 Å². The summed E-state index contributed by atoms with van der Waals surface area (Å²) in [6, 6.07) is 6.98. The van der Waals surface area contributed by atoms with Gasteiger partial charge >= 0.3 is 5.97 Å². The average Bonchev–Trinajstić information content (AvgIpc) is 2.06. The van der Waals surface area contributed by atoms with E-state index in [1.807, 2.05) is 0 Å². The number of carbonyl (C=O) groups excluding carboxylic acids is 1. The zero-order valence-corrected chi connectivity index (χ0v) is 8.00. The standard InChI is InChI=1S/C9H8BrO2/c1-2-12-9(11)7-3-5-8(10)6-4-7/h3-6H,1-2H2. The van der Waals surface area contributed by atoms with Crippen LogP contribution in [0.2, 0.25) is 0 Å². The van der Waals surface area contributed by atoms with Gasteiger partial charge in [-0.1, -0.05) is 15.9 Å². The van der Waals surface area contributed by atoms with Crippen LogP contribution < -0.4 is 0 Å². The Morgan fingerprint density at radius 2 is 2.00 bits per heavy atom. The second kappa shape index (κ2) is 4.26. The highest BCUT2D eigenvalue weighted by Crippen LogP contribution is 2.10. The quantitative estimate of drug-likeness (QED) is 0.726. The Morgan fingerprint density at radius 3 is 2.50 bits per heavy atom. The van der Waals surface area contributed by atoms with Crippen molar-refractivity contribution in [1.82, 2.24) is 0 Å². The summed E-state index contributed by atoms with van der Waals surface area (Å²) >= 11 is 3.27. The first kappa shape index (κ1) is 9.26. The maximum Gasteiger partial charge on any atom is 0.338 e. The first-order chi connectivity index (χ1) is 5.74. The summed E-state index contributed by atoms with van der Waals surface area (Å²) in [5.74, 6) is -0.336. The minimum absolute atomic E-state index is 0.162. The summed E-state index contributed by atoms with van der Waals surface area (Å²) in [7, 11) is 0. The Balaban J connectivity index is 2.75. The first-order valence-electron chi connectivity index (χ1n) is 3.46. The summed E-state index contributed by atoms with van der Waals surface area (Å²) in [5.41, 5.74) is 0.543. The second-order valence-electron chi connectivity index (χ2n) is 2.14. The van der Waals surface area contributed by atoms with Gasteiger partial charge in [-0.25, -0.2) is 4.79 Å². The van der Waals surface area contributed by atoms with E-state index in [9.17, 15) is 4.79 Å². The van der Waals surface area contributed by atoms with Crippen molar-refractivity contribution in [3.63, 3.8) is 0 Å². The van der Waals surface area contributed by atoms with Crippen LogP contribution >= 0.6 is 15.9 Å². The highest BCUT2D eigenvalue weighted by atomic mass is 79.9. The molecule has 12 heavy (non-hydrogen) atoms. The van der Waals surface area contributed by atoms with E-state index in [0.29, 0.717) is 5.56 Å². The van der Waals surface area contributed by atoms with E-state index in [1.54, 1.807) is 24.3 Å². The number of hydrogen-bond donors (Lipinski definition) is 0. The number of halogens is 1. The zero-order valence-electron chi connectivity index (χ0n) is 6.42. The Bertz CT molecular complexity index is 266. The van der Waals surface area contributed by atoms with Crippen LogP contribution in [0.5, 0.6) is 0 Å². The summed E-state index contributed by atoms with van der Waals surface area (Å²) < 4.78 is 5.64. The second-order valence-corrected chi connectivity index (χ2v) is 3.06. The average molecular weight is 228 g/mol. The van der Waals surface area contributed by atoms with E-state index in [4.69, 9.17) is 4.74 Å². The van der Waals surface area contributed by atoms with Crippen molar-refractivity contribution in [1.29, 1.82) is 0 Å². The Labute approximate surface area is 79.7 Å². The number of ether oxygens (including phenoxy) is 1. The minimum atomic E-state index is -0.336. The number of benzene rings is 1. The van der Waals surface area contributed by atoms with Gasteiger partial charge in [0.05, 0.1) is 12.2 Å². The van der Waals surface area contributed by atoms with Gasteiger partial charge in [0, 0.05) is 4.47 Å². The fraction of sp³-hybridized carbons (Fsp3) is 0.111. The van der Waals surface area contributed by atoms with Crippen molar-refractivity contribution in [3.05, 3.63) is 41.2 Å². The molecular formula is C9H8BrO2. The maximum atomic E-state index is 11.1. The van der Waals surface area contributed by atoms with Crippen molar-refractivity contribution in [2.24, 2.45) is 0 Å². The largest absolute Gasteiger partial charge is 0.462 e. The van der Waals surface area contributed by atoms with Crippen molar-refractivity contribution in [3.8, 4) is 0 Å². The molecule has 0 unspecified atom stereocenters. The molecule has 0 aliphatic rings. The van der Waals surface area contributed by atoms with Crippen molar-refractivity contribution < 1.29 is 9.53 Å². The smallest absolute Gasteiger partial charge is 0.338 e. The Kier molecular flexibility index (Phi) is 3.29. The third kappa shape index (κ3) is 2.34. The van der Waals surface area contributed by atoms with E-state index in [0.717, 1.165) is 4.47 Å². The van der Waals surface area contributed by atoms with Gasteiger partial charge in [-0.3, -0.25) is 0 Å². The highest BCUT2D eigenvalue weighted by Gasteiger charge is 2.03. The number of rotatable bonds is 2. The molecule has 1 aromatic rings. The van der Waals surface area contributed by atoms with Crippen molar-refractivity contribution in [2.45, 2.75) is 0 Å². The fourth-order valence-corrected chi connectivity index (χ4v) is 1.03. The van der Waals surface area contributed by atoms with Crippen molar-refractivity contribution >= 4 is 21.9 Å². The SMILES string of the molecule is [CH2]COC(=O)c1ccc(Br)cc1. The van der Waals surface area contributed by atoms with E-state index in [-0.39, 0.29) is 12.6 Å². The lowest BCUT2D eigenvalue weighted by Gasteiger charge is -2.00. The molecule has 0 saturated carbocycles. The molecule has 0 heterocycles. The molecule has 0 amide bonds. The molecule has 0 atom stereocenters. The molecule has 1 rings (SSSR count). The van der Waals surface area contributed by atoms with E-state index in [2.05, 4.69) is 22.9 Å². The molecule has 0 saturated heterocycles. The summed E-state index contributed by atoms with van der Waals surface area (Å²) in [6.07, 6.45) is 0. The first-order valence-corrected chi connectivity index (χ1v) is 4.25. The summed E-state index contributed by atoms with van der Waals surface area (Å²) in [6.45, 7) is 3.58. The molecular weight excluding hydrogens is 220 g/mol. The molecule has 0 aliphatic carbocycles.